The van der Waals surface area contributed by atoms with E-state index in [1.54, 1.807) is 6.20 Å². The summed E-state index contributed by atoms with van der Waals surface area (Å²) in [5.41, 5.74) is 5.48. The van der Waals surface area contributed by atoms with Gasteiger partial charge in [-0.15, -0.1) is 0 Å². The van der Waals surface area contributed by atoms with Crippen LogP contribution >= 0.6 is 11.3 Å². The second-order valence-electron chi connectivity index (χ2n) is 8.75. The highest BCUT2D eigenvalue weighted by molar-refractivity contribution is 7.21. The van der Waals surface area contributed by atoms with Crippen molar-refractivity contribution in [3.8, 4) is 11.3 Å². The summed E-state index contributed by atoms with van der Waals surface area (Å²) in [4.78, 5) is 17.3. The smallest absolute Gasteiger partial charge is 0.190 e. The van der Waals surface area contributed by atoms with E-state index >= 15 is 0 Å². The number of likely N-dealkylation sites (tertiary alicyclic amines) is 1. The largest absolute Gasteiger partial charge is 0.316 e. The van der Waals surface area contributed by atoms with Crippen molar-refractivity contribution in [3.05, 3.63) is 47.9 Å². The number of nitrogens with zero attached hydrogens (tertiary/aromatic N) is 5. The molecule has 0 unspecified atom stereocenters. The Morgan fingerprint density at radius 2 is 2.13 bits per heavy atom. The van der Waals surface area contributed by atoms with Gasteiger partial charge in [0.2, 0.25) is 0 Å². The average molecular weight is 420 g/mol. The topological polar surface area (TPSA) is 82.6 Å². The van der Waals surface area contributed by atoms with Gasteiger partial charge in [0.15, 0.2) is 5.13 Å². The van der Waals surface area contributed by atoms with E-state index < -0.39 is 0 Å². The molecule has 0 bridgehead atoms. The van der Waals surface area contributed by atoms with Crippen LogP contribution in [0.4, 0.5) is 10.9 Å². The van der Waals surface area contributed by atoms with E-state index in [1.165, 1.54) is 23.3 Å². The fourth-order valence-corrected chi connectivity index (χ4v) is 4.84. The molecule has 5 heterocycles. The predicted molar refractivity (Wildman–Crippen MR) is 121 cm³/mol. The van der Waals surface area contributed by atoms with E-state index in [-0.39, 0.29) is 0 Å². The second-order valence-corrected chi connectivity index (χ2v) is 9.73. The number of nitrogens with one attached hydrogen (secondary N) is 2. The highest BCUT2D eigenvalue weighted by Crippen LogP contribution is 2.31. The van der Waals surface area contributed by atoms with E-state index in [0.717, 1.165) is 57.9 Å². The van der Waals surface area contributed by atoms with Crippen molar-refractivity contribution < 1.29 is 0 Å². The van der Waals surface area contributed by atoms with Gasteiger partial charge in [-0.3, -0.25) is 10.00 Å². The number of pyridine rings is 2. The maximum absolute atomic E-state index is 4.77. The van der Waals surface area contributed by atoms with E-state index in [1.807, 2.05) is 25.3 Å². The fraction of sp³-hybridized carbons (Fsp3) is 0.364. The Bertz CT molecular complexity index is 1190. The maximum Gasteiger partial charge on any atom is 0.190 e. The van der Waals surface area contributed by atoms with Gasteiger partial charge in [0.1, 0.15) is 16.2 Å². The number of anilines is 2. The average Bonchev–Trinajstić information content (AvgIpc) is 3.39. The Balaban J connectivity index is 1.34. The molecule has 0 aliphatic carbocycles. The normalized spacial score (nSPS) is 16.4. The van der Waals surface area contributed by atoms with Crippen LogP contribution in [-0.4, -0.2) is 43.1 Å². The van der Waals surface area contributed by atoms with Crippen LogP contribution in [0, 0.1) is 12.3 Å². The number of fused-ring (bicyclic) bond motifs is 1. The Morgan fingerprint density at radius 1 is 1.23 bits per heavy atom. The standard InChI is InChI=1S/C22H25N7S/c1-14-16(11-24-28-14)17-4-5-18-20(25-17)30-21(26-18)27-19-10-15(6-8-23-19)12-29-9-7-22(2,3)13-29/h4-6,8,10-11H,7,9,12-13H2,1-3H3,(H,24,28)(H,23,26,27). The third kappa shape index (κ3) is 3.93. The van der Waals surface area contributed by atoms with Crippen LogP contribution in [-0.2, 0) is 6.54 Å². The number of H-pyrrole nitrogens is 1. The first-order valence-corrected chi connectivity index (χ1v) is 11.0. The summed E-state index contributed by atoms with van der Waals surface area (Å²) in [6, 6.07) is 8.20. The summed E-state index contributed by atoms with van der Waals surface area (Å²) in [5, 5.41) is 11.2. The molecule has 1 fully saturated rings. The Labute approximate surface area is 179 Å². The Kier molecular flexibility index (Phi) is 4.75. The molecule has 4 aromatic rings. The molecule has 1 saturated heterocycles. The van der Waals surface area contributed by atoms with Gasteiger partial charge in [-0.1, -0.05) is 25.2 Å². The van der Waals surface area contributed by atoms with E-state index in [0.29, 0.717) is 5.41 Å². The van der Waals surface area contributed by atoms with Gasteiger partial charge in [-0.25, -0.2) is 15.0 Å². The van der Waals surface area contributed by atoms with Crippen molar-refractivity contribution in [2.45, 2.75) is 33.7 Å². The molecular formula is C22H25N7S. The van der Waals surface area contributed by atoms with Gasteiger partial charge in [-0.2, -0.15) is 5.10 Å². The van der Waals surface area contributed by atoms with Crippen LogP contribution in [0.5, 0.6) is 0 Å². The van der Waals surface area contributed by atoms with Crippen molar-refractivity contribution in [1.82, 2.24) is 30.0 Å². The SMILES string of the molecule is Cc1[nH]ncc1-c1ccc2nc(Nc3cc(CN4CCC(C)(C)C4)ccn3)sc2n1. The van der Waals surface area contributed by atoms with Gasteiger partial charge in [0, 0.05) is 30.5 Å². The summed E-state index contributed by atoms with van der Waals surface area (Å²) in [5.74, 6) is 0.816. The van der Waals surface area contributed by atoms with Crippen molar-refractivity contribution in [3.63, 3.8) is 0 Å². The van der Waals surface area contributed by atoms with Crippen LogP contribution in [0.2, 0.25) is 0 Å². The molecule has 0 amide bonds. The zero-order valence-corrected chi connectivity index (χ0v) is 18.3. The lowest BCUT2D eigenvalue weighted by atomic mass is 9.93. The maximum atomic E-state index is 4.77. The molecule has 0 aromatic carbocycles. The van der Waals surface area contributed by atoms with Crippen LogP contribution in [0.15, 0.2) is 36.7 Å². The second kappa shape index (κ2) is 7.45. The molecule has 1 aliphatic heterocycles. The molecular weight excluding hydrogens is 394 g/mol. The van der Waals surface area contributed by atoms with E-state index in [9.17, 15) is 0 Å². The molecule has 0 atom stereocenters. The molecule has 4 aromatic heterocycles. The van der Waals surface area contributed by atoms with Gasteiger partial charge < -0.3 is 5.32 Å². The first-order valence-electron chi connectivity index (χ1n) is 10.2. The highest BCUT2D eigenvalue weighted by atomic mass is 32.1. The number of thiazole rings is 1. The van der Waals surface area contributed by atoms with Crippen molar-refractivity contribution in [1.29, 1.82) is 0 Å². The molecule has 1 aliphatic rings. The van der Waals surface area contributed by atoms with Crippen LogP contribution in [0.1, 0.15) is 31.5 Å². The van der Waals surface area contributed by atoms with Gasteiger partial charge in [0.05, 0.1) is 11.9 Å². The lowest BCUT2D eigenvalue weighted by molar-refractivity contribution is 0.284. The predicted octanol–water partition coefficient (Wildman–Crippen LogP) is 4.76. The van der Waals surface area contributed by atoms with Gasteiger partial charge in [-0.05, 0) is 55.1 Å². The lowest BCUT2D eigenvalue weighted by Crippen LogP contribution is -2.22. The third-order valence-electron chi connectivity index (χ3n) is 5.58. The minimum Gasteiger partial charge on any atom is -0.316 e. The molecule has 30 heavy (non-hydrogen) atoms. The summed E-state index contributed by atoms with van der Waals surface area (Å²) in [7, 11) is 0. The molecule has 7 nitrogen and oxygen atoms in total. The summed E-state index contributed by atoms with van der Waals surface area (Å²) in [6.45, 7) is 9.92. The number of hydrogen-bond acceptors (Lipinski definition) is 7. The number of hydrogen-bond donors (Lipinski definition) is 2. The van der Waals surface area contributed by atoms with Crippen molar-refractivity contribution in [2.24, 2.45) is 5.41 Å². The molecule has 0 radical (unpaired) electrons. The number of aromatic nitrogens is 5. The van der Waals surface area contributed by atoms with Crippen LogP contribution in [0.25, 0.3) is 21.6 Å². The first kappa shape index (κ1) is 19.1. The quantitative estimate of drug-likeness (QED) is 0.485. The monoisotopic (exact) mass is 419 g/mol. The van der Waals surface area contributed by atoms with Crippen LogP contribution in [0.3, 0.4) is 0 Å². The highest BCUT2D eigenvalue weighted by Gasteiger charge is 2.28. The van der Waals surface area contributed by atoms with Crippen molar-refractivity contribution >= 4 is 32.6 Å². The Morgan fingerprint density at radius 3 is 2.90 bits per heavy atom. The molecule has 0 saturated carbocycles. The lowest BCUT2D eigenvalue weighted by Gasteiger charge is -2.19. The zero-order chi connectivity index (χ0) is 20.7. The van der Waals surface area contributed by atoms with Gasteiger partial charge in [0.25, 0.3) is 0 Å². The molecule has 154 valence electrons. The van der Waals surface area contributed by atoms with Crippen LogP contribution < -0.4 is 5.32 Å². The van der Waals surface area contributed by atoms with E-state index in [2.05, 4.69) is 56.4 Å². The number of aromatic amines is 1. The molecule has 0 spiro atoms. The summed E-state index contributed by atoms with van der Waals surface area (Å²) in [6.07, 6.45) is 4.92. The third-order valence-corrected chi connectivity index (χ3v) is 6.46. The fourth-order valence-electron chi connectivity index (χ4n) is 4.00. The minimum atomic E-state index is 0.413. The number of aryl methyl sites for hydroxylation is 1. The molecule has 8 heteroatoms. The number of rotatable bonds is 5. The summed E-state index contributed by atoms with van der Waals surface area (Å²) >= 11 is 1.53. The first-order chi connectivity index (χ1) is 14.4. The summed E-state index contributed by atoms with van der Waals surface area (Å²) < 4.78 is 0. The molecule has 5 rings (SSSR count). The zero-order valence-electron chi connectivity index (χ0n) is 17.4. The Hall–Kier alpha value is -2.84. The van der Waals surface area contributed by atoms with E-state index in [4.69, 9.17) is 4.98 Å². The van der Waals surface area contributed by atoms with Crippen molar-refractivity contribution in [2.75, 3.05) is 18.4 Å². The minimum absolute atomic E-state index is 0.413. The van der Waals surface area contributed by atoms with Gasteiger partial charge >= 0.3 is 0 Å². The molecule has 2 N–H and O–H groups in total.